The molecule has 1 aliphatic heterocycles. The van der Waals surface area contributed by atoms with Gasteiger partial charge >= 0.3 is 0 Å². The minimum atomic E-state index is -0.273. The molecule has 3 rings (SSSR count). The first-order valence-electron chi connectivity index (χ1n) is 8.46. The van der Waals surface area contributed by atoms with Gasteiger partial charge < -0.3 is 19.9 Å². The first-order valence-corrected chi connectivity index (χ1v) is 8.46. The Kier molecular flexibility index (Phi) is 5.45. The summed E-state index contributed by atoms with van der Waals surface area (Å²) in [5, 5.41) is 2.87. The standard InChI is InChI=1S/C18H23N5O2/c1-3-25-16-7-5-4-6-14(16)21-18(24)15-12-17(20-13-19-15)23-10-8-22(2)9-11-23/h4-7,12-13H,3,8-11H2,1-2H3,(H,21,24). The summed E-state index contributed by atoms with van der Waals surface area (Å²) < 4.78 is 5.54. The molecule has 2 aromatic rings. The summed E-state index contributed by atoms with van der Waals surface area (Å²) in [4.78, 5) is 25.5. The molecule has 0 atom stereocenters. The van der Waals surface area contributed by atoms with Gasteiger partial charge in [-0.05, 0) is 26.1 Å². The predicted octanol–water partition coefficient (Wildman–Crippen LogP) is 1.88. The summed E-state index contributed by atoms with van der Waals surface area (Å²) in [6, 6.07) is 9.11. The zero-order valence-electron chi connectivity index (χ0n) is 14.6. The molecule has 1 amide bonds. The van der Waals surface area contributed by atoms with E-state index in [9.17, 15) is 4.79 Å². The lowest BCUT2D eigenvalue weighted by atomic mass is 10.2. The van der Waals surface area contributed by atoms with Gasteiger partial charge in [-0.2, -0.15) is 0 Å². The average Bonchev–Trinajstić information content (AvgIpc) is 2.64. The fraction of sp³-hybridized carbons (Fsp3) is 0.389. The quantitative estimate of drug-likeness (QED) is 0.895. The van der Waals surface area contributed by atoms with Crippen LogP contribution in [0.25, 0.3) is 0 Å². The number of ether oxygens (including phenoxy) is 1. The number of likely N-dealkylation sites (N-methyl/N-ethyl adjacent to an activating group) is 1. The fourth-order valence-electron chi connectivity index (χ4n) is 2.72. The van der Waals surface area contributed by atoms with Crippen LogP contribution in [0.4, 0.5) is 11.5 Å². The summed E-state index contributed by atoms with van der Waals surface area (Å²) in [6.07, 6.45) is 1.44. The number of anilines is 2. The van der Waals surface area contributed by atoms with Crippen LogP contribution < -0.4 is 15.0 Å². The van der Waals surface area contributed by atoms with Crippen LogP contribution in [0, 0.1) is 0 Å². The molecular formula is C18H23N5O2. The van der Waals surface area contributed by atoms with Crippen LogP contribution in [-0.2, 0) is 0 Å². The third-order valence-corrected chi connectivity index (χ3v) is 4.15. The molecule has 7 heteroatoms. The van der Waals surface area contributed by atoms with Gasteiger partial charge in [-0.15, -0.1) is 0 Å². The van der Waals surface area contributed by atoms with E-state index in [0.29, 0.717) is 23.7 Å². The van der Waals surface area contributed by atoms with Gasteiger partial charge in [0.2, 0.25) is 0 Å². The maximum absolute atomic E-state index is 12.6. The van der Waals surface area contributed by atoms with Gasteiger partial charge in [0.05, 0.1) is 12.3 Å². The SMILES string of the molecule is CCOc1ccccc1NC(=O)c1cc(N2CCN(C)CC2)ncn1. The number of carbonyl (C=O) groups excluding carboxylic acids is 1. The van der Waals surface area contributed by atoms with Crippen molar-refractivity contribution in [1.29, 1.82) is 0 Å². The Morgan fingerprint density at radius 2 is 1.96 bits per heavy atom. The fourth-order valence-corrected chi connectivity index (χ4v) is 2.72. The van der Waals surface area contributed by atoms with E-state index in [1.54, 1.807) is 6.07 Å². The second-order valence-corrected chi connectivity index (χ2v) is 5.94. The van der Waals surface area contributed by atoms with E-state index in [4.69, 9.17) is 4.74 Å². The summed E-state index contributed by atoms with van der Waals surface area (Å²) in [5.41, 5.74) is 0.976. The van der Waals surface area contributed by atoms with Crippen molar-refractivity contribution in [3.8, 4) is 5.75 Å². The number of aromatic nitrogens is 2. The Bertz CT molecular complexity index is 729. The summed E-state index contributed by atoms with van der Waals surface area (Å²) in [7, 11) is 2.10. The molecule has 0 radical (unpaired) electrons. The second kappa shape index (κ2) is 7.94. The molecule has 1 aliphatic rings. The number of carbonyl (C=O) groups is 1. The molecule has 0 saturated carbocycles. The number of nitrogens with one attached hydrogen (secondary N) is 1. The van der Waals surface area contributed by atoms with Crippen molar-refractivity contribution in [3.05, 3.63) is 42.4 Å². The molecule has 1 saturated heterocycles. The Morgan fingerprint density at radius 1 is 1.20 bits per heavy atom. The molecule has 1 aromatic carbocycles. The van der Waals surface area contributed by atoms with Gasteiger partial charge in [-0.3, -0.25) is 4.79 Å². The number of rotatable bonds is 5. The van der Waals surface area contributed by atoms with Crippen molar-refractivity contribution < 1.29 is 9.53 Å². The lowest BCUT2D eigenvalue weighted by Gasteiger charge is -2.33. The van der Waals surface area contributed by atoms with Crippen molar-refractivity contribution in [1.82, 2.24) is 14.9 Å². The van der Waals surface area contributed by atoms with Gasteiger partial charge in [0, 0.05) is 32.2 Å². The first kappa shape index (κ1) is 17.2. The molecule has 1 N–H and O–H groups in total. The first-order chi connectivity index (χ1) is 12.2. The van der Waals surface area contributed by atoms with E-state index in [-0.39, 0.29) is 5.91 Å². The van der Waals surface area contributed by atoms with Crippen molar-refractivity contribution in [2.75, 3.05) is 50.1 Å². The van der Waals surface area contributed by atoms with Crippen molar-refractivity contribution >= 4 is 17.4 Å². The molecular weight excluding hydrogens is 318 g/mol. The van der Waals surface area contributed by atoms with Crippen molar-refractivity contribution in [3.63, 3.8) is 0 Å². The van der Waals surface area contributed by atoms with E-state index < -0.39 is 0 Å². The highest BCUT2D eigenvalue weighted by Crippen LogP contribution is 2.24. The lowest BCUT2D eigenvalue weighted by molar-refractivity contribution is 0.102. The van der Waals surface area contributed by atoms with E-state index in [1.165, 1.54) is 6.33 Å². The number of nitrogens with zero attached hydrogens (tertiary/aromatic N) is 4. The van der Waals surface area contributed by atoms with Gasteiger partial charge in [-0.1, -0.05) is 12.1 Å². The molecule has 7 nitrogen and oxygen atoms in total. The third kappa shape index (κ3) is 4.24. The van der Waals surface area contributed by atoms with Gasteiger partial charge in [-0.25, -0.2) is 9.97 Å². The summed E-state index contributed by atoms with van der Waals surface area (Å²) in [6.45, 7) is 6.18. The van der Waals surface area contributed by atoms with Crippen LogP contribution in [0.15, 0.2) is 36.7 Å². The van der Waals surface area contributed by atoms with Crippen molar-refractivity contribution in [2.24, 2.45) is 0 Å². The number of amides is 1. The van der Waals surface area contributed by atoms with Crippen LogP contribution in [-0.4, -0.2) is 60.6 Å². The topological polar surface area (TPSA) is 70.6 Å². The summed E-state index contributed by atoms with van der Waals surface area (Å²) in [5.74, 6) is 1.16. The number of hydrogen-bond acceptors (Lipinski definition) is 6. The van der Waals surface area contributed by atoms with Gasteiger partial charge in [0.25, 0.3) is 5.91 Å². The van der Waals surface area contributed by atoms with Crippen LogP contribution in [0.3, 0.4) is 0 Å². The highest BCUT2D eigenvalue weighted by Gasteiger charge is 2.18. The maximum Gasteiger partial charge on any atom is 0.274 e. The molecule has 1 fully saturated rings. The molecule has 0 bridgehead atoms. The maximum atomic E-state index is 12.6. The number of piperazine rings is 1. The van der Waals surface area contributed by atoms with Crippen LogP contribution in [0.5, 0.6) is 5.75 Å². The molecule has 2 heterocycles. The van der Waals surface area contributed by atoms with E-state index >= 15 is 0 Å². The Labute approximate surface area is 147 Å². The van der Waals surface area contributed by atoms with E-state index in [2.05, 4.69) is 32.1 Å². The second-order valence-electron chi connectivity index (χ2n) is 5.94. The Morgan fingerprint density at radius 3 is 2.72 bits per heavy atom. The normalized spacial score (nSPS) is 15.0. The van der Waals surface area contributed by atoms with Crippen molar-refractivity contribution in [2.45, 2.75) is 6.92 Å². The predicted molar refractivity (Wildman–Crippen MR) is 97.3 cm³/mol. The molecule has 25 heavy (non-hydrogen) atoms. The van der Waals surface area contributed by atoms with Crippen LogP contribution in [0.1, 0.15) is 17.4 Å². The number of para-hydroxylation sites is 2. The molecule has 132 valence electrons. The molecule has 0 spiro atoms. The zero-order valence-corrected chi connectivity index (χ0v) is 14.6. The largest absolute Gasteiger partial charge is 0.492 e. The summed E-state index contributed by atoms with van der Waals surface area (Å²) >= 11 is 0. The minimum Gasteiger partial charge on any atom is -0.492 e. The average molecular weight is 341 g/mol. The highest BCUT2D eigenvalue weighted by atomic mass is 16.5. The smallest absolute Gasteiger partial charge is 0.274 e. The van der Waals surface area contributed by atoms with E-state index in [1.807, 2.05) is 31.2 Å². The van der Waals surface area contributed by atoms with Gasteiger partial charge in [0.1, 0.15) is 23.6 Å². The monoisotopic (exact) mass is 341 g/mol. The lowest BCUT2D eigenvalue weighted by Crippen LogP contribution is -2.44. The Hall–Kier alpha value is -2.67. The van der Waals surface area contributed by atoms with E-state index in [0.717, 1.165) is 32.0 Å². The number of benzene rings is 1. The third-order valence-electron chi connectivity index (χ3n) is 4.15. The van der Waals surface area contributed by atoms with Gasteiger partial charge in [0.15, 0.2) is 0 Å². The molecule has 0 unspecified atom stereocenters. The Balaban J connectivity index is 1.74. The minimum absolute atomic E-state index is 0.273. The molecule has 1 aromatic heterocycles. The number of hydrogen-bond donors (Lipinski definition) is 1. The molecule has 0 aliphatic carbocycles. The van der Waals surface area contributed by atoms with Crippen LogP contribution in [0.2, 0.25) is 0 Å². The van der Waals surface area contributed by atoms with Crippen LogP contribution >= 0.6 is 0 Å². The highest BCUT2D eigenvalue weighted by molar-refractivity contribution is 6.04. The zero-order chi connectivity index (χ0) is 17.6.